The van der Waals surface area contributed by atoms with Crippen LogP contribution in [0.3, 0.4) is 0 Å². The molecule has 6 nitrogen and oxygen atoms in total. The number of amides is 2. The van der Waals surface area contributed by atoms with Crippen molar-refractivity contribution in [3.05, 3.63) is 23.7 Å². The molecule has 0 spiro atoms. The summed E-state index contributed by atoms with van der Waals surface area (Å²) in [5, 5.41) is 0. The summed E-state index contributed by atoms with van der Waals surface area (Å²) in [7, 11) is 1.59. The third-order valence-electron chi connectivity index (χ3n) is 3.39. The number of methoxy groups -OCH3 is 1. The van der Waals surface area contributed by atoms with Crippen LogP contribution in [-0.2, 0) is 20.9 Å². The zero-order valence-corrected chi connectivity index (χ0v) is 14.1. The minimum atomic E-state index is -0.116. The zero-order valence-electron chi connectivity index (χ0n) is 14.1. The van der Waals surface area contributed by atoms with Gasteiger partial charge in [0.2, 0.25) is 11.8 Å². The third-order valence-corrected chi connectivity index (χ3v) is 3.39. The molecule has 0 N–H and O–H groups in total. The summed E-state index contributed by atoms with van der Waals surface area (Å²) in [4.78, 5) is 27.3. The van der Waals surface area contributed by atoms with Crippen molar-refractivity contribution in [1.82, 2.24) is 9.80 Å². The summed E-state index contributed by atoms with van der Waals surface area (Å²) in [5.74, 6) is 1.31. The van der Waals surface area contributed by atoms with Gasteiger partial charge in [-0.25, -0.2) is 0 Å². The van der Waals surface area contributed by atoms with Gasteiger partial charge in [0.05, 0.1) is 19.7 Å². The Bertz CT molecular complexity index is 496. The van der Waals surface area contributed by atoms with Crippen LogP contribution in [0.5, 0.6) is 0 Å². The van der Waals surface area contributed by atoms with Gasteiger partial charge in [-0.15, -0.1) is 0 Å². The maximum absolute atomic E-state index is 12.5. The minimum Gasteiger partial charge on any atom is -0.464 e. The number of carbonyl (C=O) groups excluding carboxylic acids is 2. The standard InChI is InChI=1S/C16H26N2O4/c1-12(2)18(14(4)19)11-16(20)17(8-9-21-5)10-15-7-6-13(3)22-15/h6-7,12H,8-11H2,1-5H3. The summed E-state index contributed by atoms with van der Waals surface area (Å²) in [6.45, 7) is 8.46. The van der Waals surface area contributed by atoms with Crippen LogP contribution in [0.2, 0.25) is 0 Å². The molecule has 1 aromatic rings. The molecule has 0 saturated carbocycles. The fourth-order valence-electron chi connectivity index (χ4n) is 2.15. The monoisotopic (exact) mass is 310 g/mol. The van der Waals surface area contributed by atoms with Crippen molar-refractivity contribution in [3.8, 4) is 0 Å². The van der Waals surface area contributed by atoms with Gasteiger partial charge < -0.3 is 19.0 Å². The highest BCUT2D eigenvalue weighted by molar-refractivity contribution is 5.84. The van der Waals surface area contributed by atoms with Crippen LogP contribution in [0.15, 0.2) is 16.5 Å². The first-order chi connectivity index (χ1) is 10.3. The van der Waals surface area contributed by atoms with E-state index in [0.29, 0.717) is 19.7 Å². The Kier molecular flexibility index (Phi) is 7.11. The zero-order chi connectivity index (χ0) is 16.7. The first-order valence-electron chi connectivity index (χ1n) is 7.44. The van der Waals surface area contributed by atoms with Crippen LogP contribution in [-0.4, -0.2) is 54.5 Å². The van der Waals surface area contributed by atoms with Gasteiger partial charge in [0, 0.05) is 26.6 Å². The predicted octanol–water partition coefficient (Wildman–Crippen LogP) is 1.82. The number of rotatable bonds is 8. The van der Waals surface area contributed by atoms with Gasteiger partial charge in [0.15, 0.2) is 0 Å². The summed E-state index contributed by atoms with van der Waals surface area (Å²) in [5.41, 5.74) is 0. The van der Waals surface area contributed by atoms with Crippen LogP contribution in [0, 0.1) is 6.92 Å². The molecule has 0 bridgehead atoms. The molecule has 0 aliphatic heterocycles. The highest BCUT2D eigenvalue weighted by atomic mass is 16.5. The van der Waals surface area contributed by atoms with E-state index in [1.807, 2.05) is 32.9 Å². The van der Waals surface area contributed by atoms with E-state index in [4.69, 9.17) is 9.15 Å². The minimum absolute atomic E-state index is 0.0171. The molecule has 0 saturated heterocycles. The molecule has 1 heterocycles. The topological polar surface area (TPSA) is 63.0 Å². The van der Waals surface area contributed by atoms with E-state index in [0.717, 1.165) is 11.5 Å². The van der Waals surface area contributed by atoms with Gasteiger partial charge in [-0.05, 0) is 32.9 Å². The number of hydrogen-bond acceptors (Lipinski definition) is 4. The fraction of sp³-hybridized carbons (Fsp3) is 0.625. The Morgan fingerprint density at radius 2 is 2.00 bits per heavy atom. The van der Waals surface area contributed by atoms with E-state index in [2.05, 4.69) is 0 Å². The van der Waals surface area contributed by atoms with Crippen LogP contribution in [0.25, 0.3) is 0 Å². The van der Waals surface area contributed by atoms with Crippen LogP contribution in [0.1, 0.15) is 32.3 Å². The average Bonchev–Trinajstić information content (AvgIpc) is 2.85. The normalized spacial score (nSPS) is 10.8. The van der Waals surface area contributed by atoms with E-state index in [1.165, 1.54) is 6.92 Å². The van der Waals surface area contributed by atoms with E-state index in [9.17, 15) is 9.59 Å². The van der Waals surface area contributed by atoms with Gasteiger partial charge in [0.1, 0.15) is 11.5 Å². The molecule has 6 heteroatoms. The molecule has 0 aliphatic rings. The second-order valence-electron chi connectivity index (χ2n) is 5.56. The molecule has 22 heavy (non-hydrogen) atoms. The average molecular weight is 310 g/mol. The van der Waals surface area contributed by atoms with E-state index < -0.39 is 0 Å². The Morgan fingerprint density at radius 1 is 1.32 bits per heavy atom. The maximum Gasteiger partial charge on any atom is 0.242 e. The molecule has 2 amide bonds. The molecule has 0 fully saturated rings. The summed E-state index contributed by atoms with van der Waals surface area (Å²) < 4.78 is 10.6. The largest absolute Gasteiger partial charge is 0.464 e. The molecule has 1 aromatic heterocycles. The van der Waals surface area contributed by atoms with Gasteiger partial charge in [-0.2, -0.15) is 0 Å². The number of aryl methyl sites for hydroxylation is 1. The van der Waals surface area contributed by atoms with Crippen molar-refractivity contribution < 1.29 is 18.7 Å². The van der Waals surface area contributed by atoms with Crippen LogP contribution < -0.4 is 0 Å². The lowest BCUT2D eigenvalue weighted by atomic mass is 10.3. The Morgan fingerprint density at radius 3 is 2.45 bits per heavy atom. The SMILES string of the molecule is COCCN(Cc1ccc(C)o1)C(=O)CN(C(C)=O)C(C)C. The highest BCUT2D eigenvalue weighted by Gasteiger charge is 2.22. The van der Waals surface area contributed by atoms with Gasteiger partial charge in [-0.1, -0.05) is 0 Å². The molecule has 0 radical (unpaired) electrons. The highest BCUT2D eigenvalue weighted by Crippen LogP contribution is 2.11. The molecule has 0 atom stereocenters. The van der Waals surface area contributed by atoms with Crippen molar-refractivity contribution in [1.29, 1.82) is 0 Å². The number of furan rings is 1. The second kappa shape index (κ2) is 8.58. The summed E-state index contributed by atoms with van der Waals surface area (Å²) in [6.07, 6.45) is 0. The number of nitrogens with zero attached hydrogens (tertiary/aromatic N) is 2. The lowest BCUT2D eigenvalue weighted by molar-refractivity contribution is -0.141. The van der Waals surface area contributed by atoms with Gasteiger partial charge in [-0.3, -0.25) is 9.59 Å². The van der Waals surface area contributed by atoms with Crippen molar-refractivity contribution in [2.24, 2.45) is 0 Å². The van der Waals surface area contributed by atoms with Gasteiger partial charge in [0.25, 0.3) is 0 Å². The van der Waals surface area contributed by atoms with Crippen molar-refractivity contribution in [2.75, 3.05) is 26.8 Å². The first-order valence-corrected chi connectivity index (χ1v) is 7.44. The van der Waals surface area contributed by atoms with E-state index in [-0.39, 0.29) is 24.4 Å². The van der Waals surface area contributed by atoms with Crippen molar-refractivity contribution in [2.45, 2.75) is 40.3 Å². The molecule has 124 valence electrons. The molecular formula is C16H26N2O4. The lowest BCUT2D eigenvalue weighted by Crippen LogP contribution is -2.45. The summed E-state index contributed by atoms with van der Waals surface area (Å²) in [6, 6.07) is 3.70. The fourth-order valence-corrected chi connectivity index (χ4v) is 2.15. The third kappa shape index (κ3) is 5.52. The Labute approximate surface area is 132 Å². The molecular weight excluding hydrogens is 284 g/mol. The van der Waals surface area contributed by atoms with Crippen molar-refractivity contribution in [3.63, 3.8) is 0 Å². The first kappa shape index (κ1) is 18.2. The van der Waals surface area contributed by atoms with E-state index in [1.54, 1.807) is 16.9 Å². The smallest absolute Gasteiger partial charge is 0.242 e. The van der Waals surface area contributed by atoms with Crippen molar-refractivity contribution >= 4 is 11.8 Å². The maximum atomic E-state index is 12.5. The molecule has 1 rings (SSSR count). The number of carbonyl (C=O) groups is 2. The predicted molar refractivity (Wildman–Crippen MR) is 83.3 cm³/mol. The second-order valence-corrected chi connectivity index (χ2v) is 5.56. The lowest BCUT2D eigenvalue weighted by Gasteiger charge is -2.28. The quantitative estimate of drug-likeness (QED) is 0.735. The molecule has 0 aliphatic carbocycles. The Balaban J connectivity index is 2.76. The molecule has 0 unspecified atom stereocenters. The van der Waals surface area contributed by atoms with Crippen LogP contribution >= 0.6 is 0 Å². The molecule has 0 aromatic carbocycles. The summed E-state index contributed by atoms with van der Waals surface area (Å²) >= 11 is 0. The van der Waals surface area contributed by atoms with E-state index >= 15 is 0 Å². The number of hydrogen-bond donors (Lipinski definition) is 0. The van der Waals surface area contributed by atoms with Gasteiger partial charge >= 0.3 is 0 Å². The number of ether oxygens (including phenoxy) is 1. The Hall–Kier alpha value is -1.82. The van der Waals surface area contributed by atoms with Crippen LogP contribution in [0.4, 0.5) is 0 Å².